The highest BCUT2D eigenvalue weighted by molar-refractivity contribution is 14.2. The molecule has 2 aliphatic rings. The van der Waals surface area contributed by atoms with E-state index in [9.17, 15) is 8.42 Å². The number of pyridine rings is 1. The van der Waals surface area contributed by atoms with E-state index in [0.717, 1.165) is 22.4 Å². The van der Waals surface area contributed by atoms with Crippen LogP contribution in [-0.2, 0) is 14.6 Å². The summed E-state index contributed by atoms with van der Waals surface area (Å²) in [7, 11) is -1.66. The summed E-state index contributed by atoms with van der Waals surface area (Å²) < 4.78 is 33.0. The van der Waals surface area contributed by atoms with Gasteiger partial charge < -0.3 is 9.64 Å². The molecule has 3 aromatic heterocycles. The minimum Gasteiger partial charge on any atom is -0.377 e. The van der Waals surface area contributed by atoms with Crippen LogP contribution in [0, 0.1) is 0 Å². The van der Waals surface area contributed by atoms with Gasteiger partial charge in [-0.05, 0) is 31.9 Å². The summed E-state index contributed by atoms with van der Waals surface area (Å²) in [4.78, 5) is 16.4. The van der Waals surface area contributed by atoms with Crippen molar-refractivity contribution in [3.8, 4) is 11.4 Å². The van der Waals surface area contributed by atoms with Crippen LogP contribution in [0.1, 0.15) is 30.7 Å². The Bertz CT molecular complexity index is 1230. The predicted molar refractivity (Wildman–Crippen MR) is 131 cm³/mol. The maximum absolute atomic E-state index is 12.7. The highest BCUT2D eigenvalue weighted by Gasteiger charge is 2.35. The molecule has 5 heterocycles. The van der Waals surface area contributed by atoms with Crippen LogP contribution >= 0.6 is 30.3 Å². The molecule has 31 heavy (non-hydrogen) atoms. The van der Waals surface area contributed by atoms with Gasteiger partial charge in [0.05, 0.1) is 30.7 Å². The smallest absolute Gasteiger partial charge is 0.162 e. The van der Waals surface area contributed by atoms with Crippen LogP contribution in [0.2, 0.25) is 0 Å². The lowest BCUT2D eigenvalue weighted by Crippen LogP contribution is -2.44. The maximum atomic E-state index is 12.7. The Morgan fingerprint density at radius 1 is 1.29 bits per heavy atom. The van der Waals surface area contributed by atoms with Crippen molar-refractivity contribution in [3.63, 3.8) is 0 Å². The summed E-state index contributed by atoms with van der Waals surface area (Å²) in [5.74, 6) is 1.51. The van der Waals surface area contributed by atoms with Crippen LogP contribution in [-0.4, -0.2) is 58.9 Å². The van der Waals surface area contributed by atoms with Crippen LogP contribution < -0.4 is 4.90 Å². The minimum absolute atomic E-state index is 0.151. The van der Waals surface area contributed by atoms with E-state index in [2.05, 4.69) is 38.0 Å². The molecule has 2 saturated heterocycles. The summed E-state index contributed by atoms with van der Waals surface area (Å²) in [5, 5.41) is 0.371. The molecular weight excluding hydrogens is 549 g/mol. The Hall–Kier alpha value is -1.44. The molecular formula is C20H22IN5O3S2. The highest BCUT2D eigenvalue weighted by atomic mass is 127. The van der Waals surface area contributed by atoms with E-state index in [1.807, 2.05) is 28.4 Å². The summed E-state index contributed by atoms with van der Waals surface area (Å²) >= 11 is 2.22. The van der Waals surface area contributed by atoms with Crippen molar-refractivity contribution in [3.05, 3.63) is 36.3 Å². The van der Waals surface area contributed by atoms with E-state index in [0.29, 0.717) is 44.1 Å². The molecule has 2 aliphatic heterocycles. The number of aromatic nitrogens is 4. The maximum Gasteiger partial charge on any atom is 0.162 e. The zero-order valence-corrected chi connectivity index (χ0v) is 20.7. The van der Waals surface area contributed by atoms with Crippen molar-refractivity contribution < 1.29 is 13.2 Å². The van der Waals surface area contributed by atoms with Crippen LogP contribution in [0.4, 0.5) is 5.82 Å². The third kappa shape index (κ3) is 3.93. The van der Waals surface area contributed by atoms with Crippen molar-refractivity contribution in [1.82, 2.24) is 18.9 Å². The van der Waals surface area contributed by atoms with Gasteiger partial charge in [-0.2, -0.15) is 0 Å². The first-order valence-electron chi connectivity index (χ1n) is 10.2. The SMILES string of the molecule is C[C@@H]1COCCN1c1cc(C2CCCS2(=O)=O)nc(-c2ccnc3c2ccn3SI)n1. The van der Waals surface area contributed by atoms with Gasteiger partial charge in [-0.15, -0.1) is 0 Å². The molecule has 0 aliphatic carbocycles. The third-order valence-corrected chi connectivity index (χ3v) is 9.84. The van der Waals surface area contributed by atoms with E-state index in [1.165, 1.54) is 0 Å². The van der Waals surface area contributed by atoms with Crippen molar-refractivity contribution in [2.45, 2.75) is 31.1 Å². The van der Waals surface area contributed by atoms with Gasteiger partial charge >= 0.3 is 0 Å². The van der Waals surface area contributed by atoms with Crippen molar-refractivity contribution in [2.24, 2.45) is 0 Å². The minimum atomic E-state index is -3.20. The van der Waals surface area contributed by atoms with Crippen LogP contribution in [0.25, 0.3) is 22.4 Å². The number of fused-ring (bicyclic) bond motifs is 1. The Morgan fingerprint density at radius 2 is 2.16 bits per heavy atom. The van der Waals surface area contributed by atoms with Gasteiger partial charge in [0.1, 0.15) is 11.1 Å². The van der Waals surface area contributed by atoms with Crippen LogP contribution in [0.5, 0.6) is 0 Å². The number of anilines is 1. The van der Waals surface area contributed by atoms with Gasteiger partial charge in [-0.1, -0.05) is 0 Å². The number of nitrogens with zero attached hydrogens (tertiary/aromatic N) is 5. The number of sulfone groups is 1. The molecule has 0 N–H and O–H groups in total. The molecule has 2 fully saturated rings. The molecule has 0 aromatic carbocycles. The van der Waals surface area contributed by atoms with Gasteiger partial charge in [0, 0.05) is 66.3 Å². The largest absolute Gasteiger partial charge is 0.377 e. The topological polar surface area (TPSA) is 90.2 Å². The summed E-state index contributed by atoms with van der Waals surface area (Å²) in [5.41, 5.74) is 2.28. The summed E-state index contributed by atoms with van der Waals surface area (Å²) in [6, 6.07) is 5.92. The van der Waals surface area contributed by atoms with Gasteiger partial charge in [0.15, 0.2) is 21.3 Å². The Labute approximate surface area is 197 Å². The Kier molecular flexibility index (Phi) is 5.86. The molecule has 0 saturated carbocycles. The number of halogens is 1. The number of ether oxygens (including phenoxy) is 1. The Balaban J connectivity index is 1.69. The van der Waals surface area contributed by atoms with E-state index in [-0.39, 0.29) is 11.8 Å². The van der Waals surface area contributed by atoms with E-state index >= 15 is 0 Å². The number of rotatable bonds is 4. The molecule has 0 bridgehead atoms. The lowest BCUT2D eigenvalue weighted by atomic mass is 10.1. The number of hydrogen-bond acceptors (Lipinski definition) is 8. The molecule has 0 spiro atoms. The summed E-state index contributed by atoms with van der Waals surface area (Å²) in [6.45, 7) is 4.04. The first kappa shape index (κ1) is 21.4. The molecule has 8 nitrogen and oxygen atoms in total. The van der Waals surface area contributed by atoms with Crippen LogP contribution in [0.3, 0.4) is 0 Å². The molecule has 5 rings (SSSR count). The monoisotopic (exact) mass is 571 g/mol. The average Bonchev–Trinajstić information content (AvgIpc) is 3.35. The standard InChI is InChI=1S/C20H22IN5O3S2/c1-13-12-29-9-8-25(13)18-11-16(17-3-2-10-31(17,27)28)23-19(24-18)14-4-6-22-20-15(14)5-7-26(20)30-21/h4-7,11,13,17H,2-3,8-10,12H2,1H3/t13-,17?/m1/s1. The fraction of sp³-hybridized carbons (Fsp3) is 0.450. The first-order chi connectivity index (χ1) is 15.0. The van der Waals surface area contributed by atoms with Crippen molar-refractivity contribution in [1.29, 1.82) is 0 Å². The highest BCUT2D eigenvalue weighted by Crippen LogP contribution is 2.37. The molecule has 164 valence electrons. The van der Waals surface area contributed by atoms with Crippen LogP contribution in [0.15, 0.2) is 30.6 Å². The first-order valence-corrected chi connectivity index (χ1v) is 15.2. The number of morpholine rings is 1. The fourth-order valence-electron chi connectivity index (χ4n) is 4.34. The second-order valence-corrected chi connectivity index (χ2v) is 11.9. The third-order valence-electron chi connectivity index (χ3n) is 5.92. The predicted octanol–water partition coefficient (Wildman–Crippen LogP) is 3.81. The zero-order valence-electron chi connectivity index (χ0n) is 16.9. The van der Waals surface area contributed by atoms with Gasteiger partial charge in [0.2, 0.25) is 0 Å². The fourth-order valence-corrected chi connectivity index (χ4v) is 7.48. The van der Waals surface area contributed by atoms with Gasteiger partial charge in [-0.25, -0.2) is 23.4 Å². The molecule has 0 amide bonds. The van der Waals surface area contributed by atoms with E-state index < -0.39 is 15.1 Å². The van der Waals surface area contributed by atoms with E-state index in [4.69, 9.17) is 14.7 Å². The van der Waals surface area contributed by atoms with Crippen molar-refractivity contribution in [2.75, 3.05) is 30.4 Å². The molecule has 1 unspecified atom stereocenters. The Morgan fingerprint density at radius 3 is 2.90 bits per heavy atom. The lowest BCUT2D eigenvalue weighted by Gasteiger charge is -2.34. The van der Waals surface area contributed by atoms with Gasteiger partial charge in [0.25, 0.3) is 0 Å². The average molecular weight is 571 g/mol. The second-order valence-electron chi connectivity index (χ2n) is 7.90. The second kappa shape index (κ2) is 8.49. The molecule has 3 aromatic rings. The zero-order chi connectivity index (χ0) is 21.6. The summed E-state index contributed by atoms with van der Waals surface area (Å²) in [6.07, 6.45) is 4.99. The molecule has 11 heteroatoms. The quantitative estimate of drug-likeness (QED) is 0.437. The normalized spacial score (nSPS) is 23.5. The van der Waals surface area contributed by atoms with Crippen molar-refractivity contribution >= 4 is 57.0 Å². The lowest BCUT2D eigenvalue weighted by molar-refractivity contribution is 0.0985. The molecule has 0 radical (unpaired) electrons. The van der Waals surface area contributed by atoms with Gasteiger partial charge in [-0.3, -0.25) is 3.97 Å². The molecule has 2 atom stereocenters. The van der Waals surface area contributed by atoms with E-state index in [1.54, 1.807) is 15.3 Å². The number of hydrogen-bond donors (Lipinski definition) is 0.